The van der Waals surface area contributed by atoms with Gasteiger partial charge in [-0.05, 0) is 12.1 Å². The zero-order chi connectivity index (χ0) is 10.8. The van der Waals surface area contributed by atoms with Gasteiger partial charge in [-0.3, -0.25) is 0 Å². The van der Waals surface area contributed by atoms with Crippen molar-refractivity contribution in [1.82, 2.24) is 9.97 Å². The van der Waals surface area contributed by atoms with Gasteiger partial charge >= 0.3 is 0 Å². The van der Waals surface area contributed by atoms with Crippen LogP contribution in [0.2, 0.25) is 0 Å². The summed E-state index contributed by atoms with van der Waals surface area (Å²) in [6, 6.07) is 5.57. The van der Waals surface area contributed by atoms with Gasteiger partial charge in [-0.2, -0.15) is 0 Å². The molecule has 0 saturated carbocycles. The molecule has 5 heteroatoms. The largest absolute Gasteiger partial charge is 0.248 e. The Morgan fingerprint density at radius 3 is 2.20 bits per heavy atom. The van der Waals surface area contributed by atoms with Crippen molar-refractivity contribution in [3.05, 3.63) is 29.6 Å². The zero-order valence-corrected chi connectivity index (χ0v) is 11.0. The molecule has 74 valence electrons. The first kappa shape index (κ1) is 11.1. The van der Waals surface area contributed by atoms with Crippen LogP contribution < -0.4 is 5.46 Å². The van der Waals surface area contributed by atoms with Crippen LogP contribution in [0.4, 0.5) is 0 Å². The number of benzene rings is 1. The smallest absolute Gasteiger partial charge is 0.113 e. The number of rotatable bonds is 2. The predicted molar refractivity (Wildman–Crippen MR) is 70.2 cm³/mol. The summed E-state index contributed by atoms with van der Waals surface area (Å²) < 4.78 is 0. The van der Waals surface area contributed by atoms with E-state index in [1.165, 1.54) is 0 Å². The fourth-order valence-electron chi connectivity index (χ4n) is 1.36. The first-order valence-corrected chi connectivity index (χ1v) is 6.66. The van der Waals surface area contributed by atoms with Crippen LogP contribution in [0.5, 0.6) is 0 Å². The number of nitrogens with zero attached hydrogens (tertiary/aromatic N) is 2. The highest BCUT2D eigenvalue weighted by molar-refractivity contribution is 9.09. The van der Waals surface area contributed by atoms with E-state index in [2.05, 4.69) is 41.8 Å². The van der Waals surface area contributed by atoms with Crippen molar-refractivity contribution in [3.63, 3.8) is 0 Å². The van der Waals surface area contributed by atoms with Crippen LogP contribution in [-0.2, 0) is 10.7 Å². The number of hydrogen-bond acceptors (Lipinski definition) is 2. The van der Waals surface area contributed by atoms with Crippen LogP contribution >= 0.6 is 31.9 Å². The summed E-state index contributed by atoms with van der Waals surface area (Å²) in [5.74, 6) is 0. The van der Waals surface area contributed by atoms with E-state index >= 15 is 0 Å². The lowest BCUT2D eigenvalue weighted by Gasteiger charge is -2.05. The Kier molecular flexibility index (Phi) is 3.41. The molecule has 1 aromatic carbocycles. The number of fused-ring (bicyclic) bond motifs is 1. The van der Waals surface area contributed by atoms with Gasteiger partial charge in [0, 0.05) is 10.7 Å². The third-order valence-corrected chi connectivity index (χ3v) is 3.16. The van der Waals surface area contributed by atoms with Crippen molar-refractivity contribution in [2.45, 2.75) is 10.7 Å². The van der Waals surface area contributed by atoms with Gasteiger partial charge in [0.25, 0.3) is 0 Å². The fraction of sp³-hybridized carbons (Fsp3) is 0.200. The summed E-state index contributed by atoms with van der Waals surface area (Å²) in [5.41, 5.74) is 4.34. The van der Waals surface area contributed by atoms with Crippen LogP contribution in [0, 0.1) is 0 Å². The number of hydrogen-bond donors (Lipinski definition) is 0. The normalized spacial score (nSPS) is 10.8. The molecule has 0 fully saturated rings. The highest BCUT2D eigenvalue weighted by atomic mass is 79.9. The van der Waals surface area contributed by atoms with Crippen LogP contribution in [-0.4, -0.2) is 17.8 Å². The molecule has 0 aliphatic carbocycles. The molecule has 2 radical (unpaired) electrons. The van der Waals surface area contributed by atoms with Crippen LogP contribution in [0.25, 0.3) is 11.0 Å². The van der Waals surface area contributed by atoms with E-state index in [0.29, 0.717) is 16.1 Å². The van der Waals surface area contributed by atoms with Crippen molar-refractivity contribution >= 4 is 56.2 Å². The maximum absolute atomic E-state index is 5.70. The average Bonchev–Trinajstić information content (AvgIpc) is 2.27. The summed E-state index contributed by atoms with van der Waals surface area (Å²) in [6.07, 6.45) is 0. The third-order valence-electron chi connectivity index (χ3n) is 2.10. The summed E-state index contributed by atoms with van der Waals surface area (Å²) in [7, 11) is 5.70. The SMILES string of the molecule is [B]c1ccc2nc(CBr)c(CBr)nc2c1. The third kappa shape index (κ3) is 2.23. The molecule has 2 aromatic rings. The molecular formula is C10H7BBr2N2. The molecule has 1 heterocycles. The van der Waals surface area contributed by atoms with E-state index in [-0.39, 0.29) is 0 Å². The van der Waals surface area contributed by atoms with E-state index in [1.54, 1.807) is 0 Å². The minimum Gasteiger partial charge on any atom is -0.248 e. The van der Waals surface area contributed by atoms with Gasteiger partial charge in [-0.15, -0.1) is 0 Å². The van der Waals surface area contributed by atoms with Crippen molar-refractivity contribution < 1.29 is 0 Å². The minimum atomic E-state index is 0.700. The first-order chi connectivity index (χ1) is 7.24. The lowest BCUT2D eigenvalue weighted by atomic mass is 9.96. The van der Waals surface area contributed by atoms with E-state index in [9.17, 15) is 0 Å². The lowest BCUT2D eigenvalue weighted by Crippen LogP contribution is -2.04. The molecule has 2 nitrogen and oxygen atoms in total. The Balaban J connectivity index is 2.69. The van der Waals surface area contributed by atoms with Gasteiger partial charge in [0.1, 0.15) is 7.85 Å². The molecule has 0 spiro atoms. The summed E-state index contributed by atoms with van der Waals surface area (Å²) in [4.78, 5) is 9.02. The second-order valence-electron chi connectivity index (χ2n) is 3.13. The van der Waals surface area contributed by atoms with Gasteiger partial charge in [0.05, 0.1) is 22.4 Å². The molecule has 0 atom stereocenters. The molecule has 0 aliphatic rings. The molecule has 0 unspecified atom stereocenters. The zero-order valence-electron chi connectivity index (χ0n) is 7.87. The van der Waals surface area contributed by atoms with Crippen LogP contribution in [0.3, 0.4) is 0 Å². The van der Waals surface area contributed by atoms with Gasteiger partial charge in [-0.25, -0.2) is 9.97 Å². The highest BCUT2D eigenvalue weighted by Gasteiger charge is 2.06. The lowest BCUT2D eigenvalue weighted by molar-refractivity contribution is 1.08. The summed E-state index contributed by atoms with van der Waals surface area (Å²) >= 11 is 6.80. The fourth-order valence-corrected chi connectivity index (χ4v) is 2.26. The number of halogens is 2. The monoisotopic (exact) mass is 324 g/mol. The first-order valence-electron chi connectivity index (χ1n) is 4.41. The molecule has 0 N–H and O–H groups in total. The summed E-state index contributed by atoms with van der Waals surface area (Å²) in [6.45, 7) is 0. The minimum absolute atomic E-state index is 0.700. The standard InChI is InChI=1S/C10H7BBr2N2/c11-6-1-2-7-8(3-6)15-10(5-13)9(4-12)14-7/h1-3H,4-5H2. The van der Waals surface area contributed by atoms with Gasteiger partial charge in [-0.1, -0.05) is 43.4 Å². The second kappa shape index (κ2) is 4.62. The van der Waals surface area contributed by atoms with Gasteiger partial charge in [0.2, 0.25) is 0 Å². The highest BCUT2D eigenvalue weighted by Crippen LogP contribution is 2.16. The molecule has 0 amide bonds. The Morgan fingerprint density at radius 1 is 1.00 bits per heavy atom. The maximum Gasteiger partial charge on any atom is 0.113 e. The molecule has 0 aliphatic heterocycles. The molecule has 2 rings (SSSR count). The predicted octanol–water partition coefficient (Wildman–Crippen LogP) is 2.21. The van der Waals surface area contributed by atoms with Crippen molar-refractivity contribution in [3.8, 4) is 0 Å². The Morgan fingerprint density at radius 2 is 1.60 bits per heavy atom. The van der Waals surface area contributed by atoms with E-state index in [4.69, 9.17) is 7.85 Å². The van der Waals surface area contributed by atoms with Crippen molar-refractivity contribution in [2.24, 2.45) is 0 Å². The molecule has 1 aromatic heterocycles. The quantitative estimate of drug-likeness (QED) is 0.625. The number of alkyl halides is 2. The summed E-state index contributed by atoms with van der Waals surface area (Å²) in [5, 5.41) is 1.41. The molecule has 15 heavy (non-hydrogen) atoms. The van der Waals surface area contributed by atoms with E-state index < -0.39 is 0 Å². The number of aromatic nitrogens is 2. The van der Waals surface area contributed by atoms with Crippen molar-refractivity contribution in [2.75, 3.05) is 0 Å². The van der Waals surface area contributed by atoms with E-state index in [1.807, 2.05) is 18.2 Å². The van der Waals surface area contributed by atoms with Crippen LogP contribution in [0.15, 0.2) is 18.2 Å². The maximum atomic E-state index is 5.70. The van der Waals surface area contributed by atoms with Crippen LogP contribution in [0.1, 0.15) is 11.4 Å². The van der Waals surface area contributed by atoms with Gasteiger partial charge in [0.15, 0.2) is 0 Å². The molecular weight excluding hydrogens is 319 g/mol. The Hall–Kier alpha value is -0.415. The molecule has 0 bridgehead atoms. The molecule has 0 saturated heterocycles. The van der Waals surface area contributed by atoms with Gasteiger partial charge < -0.3 is 0 Å². The second-order valence-corrected chi connectivity index (χ2v) is 4.25. The van der Waals surface area contributed by atoms with Crippen molar-refractivity contribution in [1.29, 1.82) is 0 Å². The average molecular weight is 326 g/mol. The van der Waals surface area contributed by atoms with E-state index in [0.717, 1.165) is 22.4 Å². The topological polar surface area (TPSA) is 25.8 Å². The Bertz CT molecular complexity index is 502. The Labute approximate surface area is 106 Å².